The second kappa shape index (κ2) is 6.79. The van der Waals surface area contributed by atoms with Crippen molar-refractivity contribution in [2.75, 3.05) is 0 Å². The molecule has 6 nitrogen and oxygen atoms in total. The van der Waals surface area contributed by atoms with Crippen molar-refractivity contribution in [2.24, 2.45) is 10.2 Å². The average molecular weight is 372 g/mol. The van der Waals surface area contributed by atoms with Crippen LogP contribution in [0.5, 0.6) is 0 Å². The Hall–Kier alpha value is -1.74. The molecule has 0 spiro atoms. The molecule has 1 amide bonds. The third-order valence-corrected chi connectivity index (χ3v) is 5.42. The average Bonchev–Trinajstić information content (AvgIpc) is 2.90. The molecule has 0 unspecified atom stereocenters. The summed E-state index contributed by atoms with van der Waals surface area (Å²) in [6, 6.07) is 7.68. The van der Waals surface area contributed by atoms with E-state index < -0.39 is 15.9 Å². The summed E-state index contributed by atoms with van der Waals surface area (Å²) in [6.45, 7) is 3.74. The summed E-state index contributed by atoms with van der Waals surface area (Å²) in [7, 11) is -4.01. The van der Waals surface area contributed by atoms with Crippen molar-refractivity contribution in [3.8, 4) is 0 Å². The van der Waals surface area contributed by atoms with Gasteiger partial charge in [0.1, 0.15) is 4.90 Å². The van der Waals surface area contributed by atoms with Crippen LogP contribution < -0.4 is 10.6 Å². The molecular formula is C14H14ClN3O3S2. The lowest BCUT2D eigenvalue weighted by Crippen LogP contribution is -2.20. The van der Waals surface area contributed by atoms with Gasteiger partial charge < -0.3 is 0 Å². The molecule has 0 saturated heterocycles. The number of amides is 1. The van der Waals surface area contributed by atoms with Gasteiger partial charge in [-0.15, -0.1) is 11.3 Å². The number of halogens is 1. The molecule has 2 aromatic rings. The number of nitrogens with zero attached hydrogens (tertiary/aromatic N) is 1. The summed E-state index contributed by atoms with van der Waals surface area (Å²) < 4.78 is 22.8. The number of hydrogen-bond acceptors (Lipinski definition) is 5. The van der Waals surface area contributed by atoms with Crippen LogP contribution in [0.4, 0.5) is 0 Å². The lowest BCUT2D eigenvalue weighted by molar-refractivity contribution is 0.0954. The maximum Gasteiger partial charge on any atom is 0.271 e. The molecule has 0 atom stereocenters. The van der Waals surface area contributed by atoms with E-state index in [1.807, 2.05) is 19.1 Å². The molecular weight excluding hydrogens is 358 g/mol. The number of sulfonamides is 1. The number of hydrazone groups is 1. The first-order valence-corrected chi connectivity index (χ1v) is 9.16. The molecule has 2 rings (SSSR count). The standard InChI is InChI=1S/C14H14ClN3O3S2/c1-8-3-6-12(22-8)9(2)17-18-14(19)10-4-5-11(15)13(7-10)23(16,20)21/h3-7H,1-2H3,(H,18,19)(H2,16,20,21)/b17-9-. The highest BCUT2D eigenvalue weighted by Gasteiger charge is 2.16. The normalized spacial score (nSPS) is 12.3. The first kappa shape index (κ1) is 17.6. The van der Waals surface area contributed by atoms with E-state index in [0.717, 1.165) is 15.8 Å². The van der Waals surface area contributed by atoms with Crippen molar-refractivity contribution in [3.63, 3.8) is 0 Å². The van der Waals surface area contributed by atoms with E-state index in [1.165, 1.54) is 12.1 Å². The number of aryl methyl sites for hydroxylation is 1. The molecule has 9 heteroatoms. The number of carbonyl (C=O) groups is 1. The Morgan fingerprint density at radius 3 is 2.57 bits per heavy atom. The van der Waals surface area contributed by atoms with Crippen LogP contribution in [0.2, 0.25) is 5.02 Å². The number of nitrogens with one attached hydrogen (secondary N) is 1. The van der Waals surface area contributed by atoms with Gasteiger partial charge in [0, 0.05) is 10.4 Å². The van der Waals surface area contributed by atoms with Crippen LogP contribution in [0.25, 0.3) is 0 Å². The number of primary sulfonamides is 1. The molecule has 0 fully saturated rings. The van der Waals surface area contributed by atoms with Crippen molar-refractivity contribution in [2.45, 2.75) is 18.7 Å². The predicted molar refractivity (Wildman–Crippen MR) is 91.6 cm³/mol. The molecule has 0 saturated carbocycles. The fourth-order valence-corrected chi connectivity index (χ4v) is 3.63. The van der Waals surface area contributed by atoms with E-state index >= 15 is 0 Å². The number of nitrogens with two attached hydrogens (primary N) is 1. The Bertz CT molecular complexity index is 888. The topological polar surface area (TPSA) is 102 Å². The highest BCUT2D eigenvalue weighted by Crippen LogP contribution is 2.21. The fourth-order valence-electron chi connectivity index (χ4n) is 1.75. The van der Waals surface area contributed by atoms with Gasteiger partial charge in [0.2, 0.25) is 10.0 Å². The zero-order valence-corrected chi connectivity index (χ0v) is 14.7. The van der Waals surface area contributed by atoms with E-state index in [4.69, 9.17) is 16.7 Å². The van der Waals surface area contributed by atoms with Crippen LogP contribution in [0.1, 0.15) is 27.0 Å². The van der Waals surface area contributed by atoms with Gasteiger partial charge in [-0.05, 0) is 44.2 Å². The van der Waals surface area contributed by atoms with Gasteiger partial charge in [-0.3, -0.25) is 4.79 Å². The largest absolute Gasteiger partial charge is 0.271 e. The fraction of sp³-hybridized carbons (Fsp3) is 0.143. The van der Waals surface area contributed by atoms with Gasteiger partial charge in [-0.2, -0.15) is 5.10 Å². The molecule has 23 heavy (non-hydrogen) atoms. The van der Waals surface area contributed by atoms with Crippen molar-refractivity contribution >= 4 is 44.6 Å². The minimum atomic E-state index is -4.01. The molecule has 1 aromatic heterocycles. The minimum absolute atomic E-state index is 0.0437. The summed E-state index contributed by atoms with van der Waals surface area (Å²) in [5.74, 6) is -0.556. The Morgan fingerprint density at radius 2 is 2.00 bits per heavy atom. The Morgan fingerprint density at radius 1 is 1.30 bits per heavy atom. The molecule has 0 radical (unpaired) electrons. The van der Waals surface area contributed by atoms with Crippen molar-refractivity contribution in [3.05, 3.63) is 50.7 Å². The Labute approximate surface area is 143 Å². The second-order valence-electron chi connectivity index (χ2n) is 4.74. The maximum absolute atomic E-state index is 12.1. The van der Waals surface area contributed by atoms with Crippen molar-refractivity contribution < 1.29 is 13.2 Å². The van der Waals surface area contributed by atoms with Crippen molar-refractivity contribution in [1.82, 2.24) is 5.43 Å². The number of thiophene rings is 1. The molecule has 122 valence electrons. The third-order valence-electron chi connectivity index (χ3n) is 2.92. The Kier molecular flexibility index (Phi) is 5.20. The first-order chi connectivity index (χ1) is 10.7. The lowest BCUT2D eigenvalue weighted by atomic mass is 10.2. The van der Waals surface area contributed by atoms with Crippen LogP contribution in [-0.2, 0) is 10.0 Å². The quantitative estimate of drug-likeness (QED) is 0.637. The van der Waals surface area contributed by atoms with Gasteiger partial charge in [-0.25, -0.2) is 19.0 Å². The van der Waals surface area contributed by atoms with Crippen molar-refractivity contribution in [1.29, 1.82) is 0 Å². The molecule has 1 aromatic carbocycles. The zero-order chi connectivity index (χ0) is 17.2. The van der Waals surface area contributed by atoms with Gasteiger partial charge in [0.05, 0.1) is 15.6 Å². The summed E-state index contributed by atoms with van der Waals surface area (Å²) in [5, 5.41) is 9.03. The van der Waals surface area contributed by atoms with Gasteiger partial charge in [0.15, 0.2) is 0 Å². The Balaban J connectivity index is 2.21. The molecule has 1 heterocycles. The third kappa shape index (κ3) is 4.38. The van der Waals surface area contributed by atoms with E-state index in [9.17, 15) is 13.2 Å². The van der Waals surface area contributed by atoms with Gasteiger partial charge in [0.25, 0.3) is 5.91 Å². The highest BCUT2D eigenvalue weighted by molar-refractivity contribution is 7.89. The molecule has 0 bridgehead atoms. The molecule has 0 aliphatic rings. The van der Waals surface area contributed by atoms with E-state index in [-0.39, 0.29) is 15.5 Å². The lowest BCUT2D eigenvalue weighted by Gasteiger charge is -2.05. The molecule has 3 N–H and O–H groups in total. The van der Waals surface area contributed by atoms with E-state index in [2.05, 4.69) is 10.5 Å². The van der Waals surface area contributed by atoms with Gasteiger partial charge in [-0.1, -0.05) is 11.6 Å². The number of carbonyl (C=O) groups excluding carboxylic acids is 1. The van der Waals surface area contributed by atoms with Crippen LogP contribution in [0.15, 0.2) is 40.3 Å². The monoisotopic (exact) mass is 371 g/mol. The van der Waals surface area contributed by atoms with Gasteiger partial charge >= 0.3 is 0 Å². The SMILES string of the molecule is C/C(=N/NC(=O)c1ccc(Cl)c(S(N)(=O)=O)c1)c1ccc(C)s1. The number of benzene rings is 1. The number of rotatable bonds is 4. The van der Waals surface area contributed by atoms with Crippen LogP contribution in [-0.4, -0.2) is 20.0 Å². The summed E-state index contributed by atoms with van der Waals surface area (Å²) in [6.07, 6.45) is 0. The summed E-state index contributed by atoms with van der Waals surface area (Å²) in [5.41, 5.74) is 3.13. The van der Waals surface area contributed by atoms with E-state index in [1.54, 1.807) is 18.3 Å². The van der Waals surface area contributed by atoms with Crippen LogP contribution >= 0.6 is 22.9 Å². The first-order valence-electron chi connectivity index (χ1n) is 6.42. The highest BCUT2D eigenvalue weighted by atomic mass is 35.5. The van der Waals surface area contributed by atoms with Crippen LogP contribution in [0, 0.1) is 6.92 Å². The van der Waals surface area contributed by atoms with Crippen LogP contribution in [0.3, 0.4) is 0 Å². The minimum Gasteiger partial charge on any atom is -0.267 e. The van der Waals surface area contributed by atoms with E-state index in [0.29, 0.717) is 5.71 Å². The smallest absolute Gasteiger partial charge is 0.267 e. The summed E-state index contributed by atoms with van der Waals surface area (Å²) >= 11 is 7.33. The predicted octanol–water partition coefficient (Wildman–Crippen LogP) is 2.51. The molecule has 0 aliphatic carbocycles. The second-order valence-corrected chi connectivity index (χ2v) is 7.96. The summed E-state index contributed by atoms with van der Waals surface area (Å²) in [4.78, 5) is 13.8. The number of hydrogen-bond donors (Lipinski definition) is 2. The maximum atomic E-state index is 12.1. The zero-order valence-electron chi connectivity index (χ0n) is 12.3. The molecule has 0 aliphatic heterocycles.